The molecule has 0 aromatic rings. The van der Waals surface area contributed by atoms with E-state index in [1.165, 1.54) is 0 Å². The number of amides is 1. The van der Waals surface area contributed by atoms with Crippen LogP contribution in [0.4, 0.5) is 0 Å². The summed E-state index contributed by atoms with van der Waals surface area (Å²) in [5, 5.41) is 2.92. The van der Waals surface area contributed by atoms with E-state index in [9.17, 15) is 4.79 Å². The van der Waals surface area contributed by atoms with Crippen LogP contribution in [0.1, 0.15) is 33.1 Å². The summed E-state index contributed by atoms with van der Waals surface area (Å²) in [6, 6.07) is 0.118. The topological polar surface area (TPSA) is 55.1 Å². The van der Waals surface area contributed by atoms with Crippen LogP contribution in [0.25, 0.3) is 0 Å². The first kappa shape index (κ1) is 13.2. The average Bonchev–Trinajstić information content (AvgIpc) is 2.12. The number of hydrogen-bond donors (Lipinski definition) is 2. The van der Waals surface area contributed by atoms with Gasteiger partial charge in [-0.1, -0.05) is 19.9 Å². The minimum Gasteiger partial charge on any atom is -0.352 e. The van der Waals surface area contributed by atoms with E-state index < -0.39 is 0 Å². The average molecular weight is 198 g/mol. The largest absolute Gasteiger partial charge is 0.352 e. The zero-order chi connectivity index (χ0) is 11.0. The van der Waals surface area contributed by atoms with Crippen molar-refractivity contribution in [3.63, 3.8) is 0 Å². The molecule has 82 valence electrons. The summed E-state index contributed by atoms with van der Waals surface area (Å²) in [7, 11) is 0. The van der Waals surface area contributed by atoms with Crippen LogP contribution in [-0.4, -0.2) is 18.5 Å². The molecule has 0 aliphatic carbocycles. The van der Waals surface area contributed by atoms with Crippen LogP contribution in [0.15, 0.2) is 12.7 Å². The molecule has 1 amide bonds. The van der Waals surface area contributed by atoms with Gasteiger partial charge in [-0.2, -0.15) is 0 Å². The van der Waals surface area contributed by atoms with Gasteiger partial charge in [0.25, 0.3) is 0 Å². The minimum atomic E-state index is 0.0704. The van der Waals surface area contributed by atoms with Gasteiger partial charge in [-0.15, -0.1) is 6.58 Å². The second-order valence-electron chi connectivity index (χ2n) is 3.96. The molecule has 0 saturated carbocycles. The lowest BCUT2D eigenvalue weighted by Crippen LogP contribution is -2.40. The lowest BCUT2D eigenvalue weighted by atomic mass is 10.0. The van der Waals surface area contributed by atoms with Crippen molar-refractivity contribution < 1.29 is 4.79 Å². The van der Waals surface area contributed by atoms with Gasteiger partial charge in [-0.05, 0) is 18.8 Å². The van der Waals surface area contributed by atoms with Crippen molar-refractivity contribution in [1.82, 2.24) is 5.32 Å². The maximum Gasteiger partial charge on any atom is 0.220 e. The summed E-state index contributed by atoms with van der Waals surface area (Å²) >= 11 is 0. The molecule has 0 aliphatic heterocycles. The third-order valence-electron chi connectivity index (χ3n) is 1.98. The first-order chi connectivity index (χ1) is 6.60. The van der Waals surface area contributed by atoms with E-state index >= 15 is 0 Å². The molecule has 0 spiro atoms. The van der Waals surface area contributed by atoms with Crippen LogP contribution in [0.5, 0.6) is 0 Å². The predicted molar refractivity (Wildman–Crippen MR) is 59.9 cm³/mol. The standard InChI is InChI=1S/C11H22N2O/c1-4-5-6-11(14)13-10(8-12)7-9(2)3/h4,9-10H,1,5-8,12H2,2-3H3,(H,13,14). The van der Waals surface area contributed by atoms with E-state index in [4.69, 9.17) is 5.73 Å². The highest BCUT2D eigenvalue weighted by molar-refractivity contribution is 5.76. The van der Waals surface area contributed by atoms with Gasteiger partial charge in [-0.25, -0.2) is 0 Å². The molecule has 1 atom stereocenters. The fraction of sp³-hybridized carbons (Fsp3) is 0.727. The van der Waals surface area contributed by atoms with Gasteiger partial charge in [0.2, 0.25) is 5.91 Å². The Bertz CT molecular complexity index is 178. The molecule has 1 unspecified atom stereocenters. The Kier molecular flexibility index (Phi) is 7.11. The molecule has 14 heavy (non-hydrogen) atoms. The van der Waals surface area contributed by atoms with E-state index in [0.29, 0.717) is 18.9 Å². The molecule has 0 aromatic heterocycles. The van der Waals surface area contributed by atoms with Crippen molar-refractivity contribution in [2.45, 2.75) is 39.2 Å². The Morgan fingerprint density at radius 2 is 2.21 bits per heavy atom. The van der Waals surface area contributed by atoms with E-state index in [1.54, 1.807) is 6.08 Å². The van der Waals surface area contributed by atoms with E-state index in [1.807, 2.05) is 0 Å². The van der Waals surface area contributed by atoms with Crippen molar-refractivity contribution in [2.75, 3.05) is 6.54 Å². The minimum absolute atomic E-state index is 0.0704. The van der Waals surface area contributed by atoms with Gasteiger partial charge < -0.3 is 11.1 Å². The van der Waals surface area contributed by atoms with Crippen LogP contribution in [-0.2, 0) is 4.79 Å². The smallest absolute Gasteiger partial charge is 0.220 e. The number of carbonyl (C=O) groups excluding carboxylic acids is 1. The molecule has 0 fully saturated rings. The van der Waals surface area contributed by atoms with E-state index in [-0.39, 0.29) is 11.9 Å². The number of carbonyl (C=O) groups is 1. The molecule has 0 saturated heterocycles. The van der Waals surface area contributed by atoms with Crippen LogP contribution in [0, 0.1) is 5.92 Å². The molecular weight excluding hydrogens is 176 g/mol. The maximum atomic E-state index is 11.3. The van der Waals surface area contributed by atoms with Crippen molar-refractivity contribution in [3.05, 3.63) is 12.7 Å². The molecule has 3 N–H and O–H groups in total. The molecule has 0 rings (SSSR count). The third kappa shape index (κ3) is 6.66. The summed E-state index contributed by atoms with van der Waals surface area (Å²) in [5.74, 6) is 0.629. The zero-order valence-electron chi connectivity index (χ0n) is 9.25. The molecule has 3 nitrogen and oxygen atoms in total. The molecule has 0 aromatic carbocycles. The second-order valence-corrected chi connectivity index (χ2v) is 3.96. The number of nitrogens with one attached hydrogen (secondary N) is 1. The van der Waals surface area contributed by atoms with Crippen molar-refractivity contribution in [3.8, 4) is 0 Å². The first-order valence-electron chi connectivity index (χ1n) is 5.20. The lowest BCUT2D eigenvalue weighted by Gasteiger charge is -2.18. The molecular formula is C11H22N2O. The van der Waals surface area contributed by atoms with Crippen molar-refractivity contribution in [2.24, 2.45) is 11.7 Å². The van der Waals surface area contributed by atoms with Crippen LogP contribution in [0.3, 0.4) is 0 Å². The molecule has 0 bridgehead atoms. The summed E-state index contributed by atoms with van der Waals surface area (Å²) < 4.78 is 0. The predicted octanol–water partition coefficient (Wildman–Crippen LogP) is 1.44. The fourth-order valence-corrected chi connectivity index (χ4v) is 1.32. The highest BCUT2D eigenvalue weighted by Gasteiger charge is 2.11. The normalized spacial score (nSPS) is 12.6. The van der Waals surface area contributed by atoms with Gasteiger partial charge in [0.15, 0.2) is 0 Å². The maximum absolute atomic E-state index is 11.3. The first-order valence-corrected chi connectivity index (χ1v) is 5.20. The molecule has 0 heterocycles. The van der Waals surface area contributed by atoms with Crippen LogP contribution in [0.2, 0.25) is 0 Å². The number of rotatable bonds is 7. The van der Waals surface area contributed by atoms with Gasteiger partial charge in [0.05, 0.1) is 0 Å². The Morgan fingerprint density at radius 3 is 2.64 bits per heavy atom. The highest BCUT2D eigenvalue weighted by Crippen LogP contribution is 2.04. The molecule has 0 aliphatic rings. The number of hydrogen-bond acceptors (Lipinski definition) is 2. The Morgan fingerprint density at radius 1 is 1.57 bits per heavy atom. The van der Waals surface area contributed by atoms with E-state index in [2.05, 4.69) is 25.7 Å². The van der Waals surface area contributed by atoms with Crippen LogP contribution < -0.4 is 11.1 Å². The van der Waals surface area contributed by atoms with E-state index in [0.717, 1.165) is 12.8 Å². The SMILES string of the molecule is C=CCCC(=O)NC(CN)CC(C)C. The fourth-order valence-electron chi connectivity index (χ4n) is 1.32. The third-order valence-corrected chi connectivity index (χ3v) is 1.98. The number of nitrogens with two attached hydrogens (primary N) is 1. The van der Waals surface area contributed by atoms with Gasteiger partial charge >= 0.3 is 0 Å². The Hall–Kier alpha value is -0.830. The van der Waals surface area contributed by atoms with Gasteiger partial charge in [-0.3, -0.25) is 4.79 Å². The van der Waals surface area contributed by atoms with Gasteiger partial charge in [0.1, 0.15) is 0 Å². The molecule has 0 radical (unpaired) electrons. The Balaban J connectivity index is 3.79. The Labute approximate surface area is 86.8 Å². The summed E-state index contributed by atoms with van der Waals surface area (Å²) in [6.07, 6.45) is 3.93. The van der Waals surface area contributed by atoms with Crippen LogP contribution >= 0.6 is 0 Å². The van der Waals surface area contributed by atoms with Gasteiger partial charge in [0, 0.05) is 19.0 Å². The molecule has 3 heteroatoms. The highest BCUT2D eigenvalue weighted by atomic mass is 16.1. The second kappa shape index (κ2) is 7.56. The van der Waals surface area contributed by atoms with Crippen molar-refractivity contribution in [1.29, 1.82) is 0 Å². The number of allylic oxidation sites excluding steroid dienone is 1. The summed E-state index contributed by atoms with van der Waals surface area (Å²) in [4.78, 5) is 11.3. The van der Waals surface area contributed by atoms with Crippen molar-refractivity contribution >= 4 is 5.91 Å². The zero-order valence-corrected chi connectivity index (χ0v) is 9.25. The lowest BCUT2D eigenvalue weighted by molar-refractivity contribution is -0.121. The quantitative estimate of drug-likeness (QED) is 0.608. The summed E-state index contributed by atoms with van der Waals surface area (Å²) in [5.41, 5.74) is 5.56. The monoisotopic (exact) mass is 198 g/mol. The summed E-state index contributed by atoms with van der Waals surface area (Å²) in [6.45, 7) is 8.33.